The average molecular weight is 364 g/mol. The summed E-state index contributed by atoms with van der Waals surface area (Å²) in [7, 11) is -3.39. The van der Waals surface area contributed by atoms with Gasteiger partial charge in [0.15, 0.2) is 0 Å². The van der Waals surface area contributed by atoms with Crippen LogP contribution in [-0.4, -0.2) is 63.5 Å². The van der Waals surface area contributed by atoms with E-state index in [-0.39, 0.29) is 0 Å². The van der Waals surface area contributed by atoms with Gasteiger partial charge in [0.05, 0.1) is 4.90 Å². The zero-order valence-corrected chi connectivity index (χ0v) is 15.6. The maximum Gasteiger partial charge on any atom is 0.240 e. The second kappa shape index (κ2) is 7.35. The molecule has 6 heteroatoms. The van der Waals surface area contributed by atoms with Crippen molar-refractivity contribution in [3.05, 3.63) is 30.3 Å². The van der Waals surface area contributed by atoms with Crippen molar-refractivity contribution in [3.8, 4) is 0 Å². The lowest BCUT2D eigenvalue weighted by Crippen LogP contribution is -2.58. The fourth-order valence-electron chi connectivity index (χ4n) is 4.85. The zero-order valence-electron chi connectivity index (χ0n) is 14.8. The van der Waals surface area contributed by atoms with Gasteiger partial charge in [0.25, 0.3) is 0 Å². The van der Waals surface area contributed by atoms with Gasteiger partial charge in [-0.1, -0.05) is 18.2 Å². The Morgan fingerprint density at radius 1 is 1.08 bits per heavy atom. The fourth-order valence-corrected chi connectivity index (χ4v) is 5.95. The second-order valence-corrected chi connectivity index (χ2v) is 9.63. The molecule has 4 aliphatic heterocycles. The molecular weight excluding hydrogens is 334 g/mol. The molecule has 4 fully saturated rings. The molecular formula is C19H29N3O2S. The fraction of sp³-hybridized carbons (Fsp3) is 0.684. The van der Waals surface area contributed by atoms with Gasteiger partial charge in [-0.05, 0) is 69.3 Å². The van der Waals surface area contributed by atoms with Crippen LogP contribution in [0.2, 0.25) is 0 Å². The number of piperidine rings is 3. The molecule has 4 saturated heterocycles. The lowest BCUT2D eigenvalue weighted by atomic mass is 9.75. The summed E-state index contributed by atoms with van der Waals surface area (Å²) in [6.07, 6.45) is 5.12. The van der Waals surface area contributed by atoms with E-state index >= 15 is 0 Å². The van der Waals surface area contributed by atoms with Crippen LogP contribution < -0.4 is 4.72 Å². The predicted molar refractivity (Wildman–Crippen MR) is 98.9 cm³/mol. The van der Waals surface area contributed by atoms with Gasteiger partial charge in [-0.2, -0.15) is 0 Å². The first-order valence-corrected chi connectivity index (χ1v) is 11.1. The minimum absolute atomic E-state index is 0.354. The van der Waals surface area contributed by atoms with Crippen molar-refractivity contribution in [2.75, 3.05) is 39.3 Å². The van der Waals surface area contributed by atoms with Crippen LogP contribution in [0.25, 0.3) is 0 Å². The van der Waals surface area contributed by atoms with Gasteiger partial charge in [0.1, 0.15) is 0 Å². The molecule has 138 valence electrons. The van der Waals surface area contributed by atoms with Crippen molar-refractivity contribution >= 4 is 10.0 Å². The quantitative estimate of drug-likeness (QED) is 0.837. The third-order valence-electron chi connectivity index (χ3n) is 6.27. The Hall–Kier alpha value is -0.950. The summed E-state index contributed by atoms with van der Waals surface area (Å²) in [6, 6.07) is 9.04. The number of sulfonamides is 1. The third kappa shape index (κ3) is 3.92. The third-order valence-corrected chi connectivity index (χ3v) is 7.71. The lowest BCUT2D eigenvalue weighted by Gasteiger charge is -2.50. The van der Waals surface area contributed by atoms with Crippen LogP contribution in [0.15, 0.2) is 35.2 Å². The number of nitrogens with one attached hydrogen (secondary N) is 1. The van der Waals surface area contributed by atoms with Crippen molar-refractivity contribution in [2.45, 2.75) is 36.6 Å². The largest absolute Gasteiger partial charge is 0.303 e. The van der Waals surface area contributed by atoms with Crippen LogP contribution in [0.3, 0.4) is 0 Å². The highest BCUT2D eigenvalue weighted by atomic mass is 32.2. The van der Waals surface area contributed by atoms with Crippen LogP contribution in [0.1, 0.15) is 25.7 Å². The molecule has 5 nitrogen and oxygen atoms in total. The van der Waals surface area contributed by atoms with Crippen molar-refractivity contribution < 1.29 is 8.42 Å². The minimum Gasteiger partial charge on any atom is -0.303 e. The molecule has 0 amide bonds. The molecule has 1 aromatic rings. The van der Waals surface area contributed by atoms with Crippen molar-refractivity contribution in [2.24, 2.45) is 11.8 Å². The number of likely N-dealkylation sites (tertiary alicyclic amines) is 1. The molecule has 0 saturated carbocycles. The van der Waals surface area contributed by atoms with Gasteiger partial charge in [-0.25, -0.2) is 13.1 Å². The summed E-state index contributed by atoms with van der Waals surface area (Å²) >= 11 is 0. The molecule has 4 atom stereocenters. The molecule has 0 radical (unpaired) electrons. The number of hydrogen-bond donors (Lipinski definition) is 1. The minimum atomic E-state index is -3.39. The highest BCUT2D eigenvalue weighted by Gasteiger charge is 2.40. The molecule has 0 spiro atoms. The Labute approximate surface area is 151 Å². The van der Waals surface area contributed by atoms with Crippen LogP contribution in [-0.2, 0) is 10.0 Å². The summed E-state index contributed by atoms with van der Waals surface area (Å²) in [5, 5.41) is 0. The number of nitrogens with zero attached hydrogens (tertiary/aromatic N) is 2. The summed E-state index contributed by atoms with van der Waals surface area (Å²) < 4.78 is 27.7. The molecule has 4 heterocycles. The number of hydrogen-bond acceptors (Lipinski definition) is 4. The Bertz CT molecular complexity index is 673. The van der Waals surface area contributed by atoms with Gasteiger partial charge >= 0.3 is 0 Å². The van der Waals surface area contributed by atoms with Crippen LogP contribution >= 0.6 is 0 Å². The van der Waals surface area contributed by atoms with E-state index in [2.05, 4.69) is 14.5 Å². The Kier molecular flexibility index (Phi) is 5.13. The van der Waals surface area contributed by atoms with E-state index in [0.29, 0.717) is 17.5 Å². The molecule has 4 aliphatic rings. The number of benzene rings is 1. The van der Waals surface area contributed by atoms with Crippen LogP contribution in [0.4, 0.5) is 0 Å². The van der Waals surface area contributed by atoms with E-state index < -0.39 is 10.0 Å². The maximum atomic E-state index is 12.4. The molecule has 2 bridgehead atoms. The first kappa shape index (κ1) is 17.5. The van der Waals surface area contributed by atoms with E-state index in [1.54, 1.807) is 24.3 Å². The standard InChI is InChI=1S/C19H29N3O2S/c23-25(24,19-6-2-1-3-7-19)20-13-18-12-16-8-11-22(18)15-17(16)14-21-9-4-5-10-21/h1-3,6-7,16-18,20H,4-5,8-15H2/t16-,17+,18+/m1/s1. The Balaban J connectivity index is 1.33. The zero-order chi connectivity index (χ0) is 17.3. The molecule has 1 aromatic carbocycles. The van der Waals surface area contributed by atoms with Gasteiger partial charge < -0.3 is 4.90 Å². The topological polar surface area (TPSA) is 52.7 Å². The van der Waals surface area contributed by atoms with E-state index in [1.165, 1.54) is 38.9 Å². The second-order valence-electron chi connectivity index (χ2n) is 7.87. The molecule has 0 aliphatic carbocycles. The van der Waals surface area contributed by atoms with Crippen molar-refractivity contribution in [3.63, 3.8) is 0 Å². The Morgan fingerprint density at radius 3 is 2.52 bits per heavy atom. The molecule has 5 rings (SSSR count). The molecule has 25 heavy (non-hydrogen) atoms. The van der Waals surface area contributed by atoms with E-state index in [0.717, 1.165) is 31.3 Å². The summed E-state index contributed by atoms with van der Waals surface area (Å²) in [6.45, 7) is 6.57. The van der Waals surface area contributed by atoms with Crippen molar-refractivity contribution in [1.29, 1.82) is 0 Å². The summed E-state index contributed by atoms with van der Waals surface area (Å²) in [5.41, 5.74) is 0. The van der Waals surface area contributed by atoms with Crippen LogP contribution in [0, 0.1) is 11.8 Å². The first-order chi connectivity index (χ1) is 12.1. The summed E-state index contributed by atoms with van der Waals surface area (Å²) in [4.78, 5) is 5.51. The first-order valence-electron chi connectivity index (χ1n) is 9.63. The number of rotatable bonds is 6. The maximum absolute atomic E-state index is 12.4. The average Bonchev–Trinajstić information content (AvgIpc) is 3.15. The highest BCUT2D eigenvalue weighted by molar-refractivity contribution is 7.89. The molecule has 1 N–H and O–H groups in total. The van der Waals surface area contributed by atoms with Gasteiger partial charge in [0, 0.05) is 25.7 Å². The normalized spacial score (nSPS) is 33.0. The lowest BCUT2D eigenvalue weighted by molar-refractivity contribution is -0.00770. The van der Waals surface area contributed by atoms with E-state index in [1.807, 2.05) is 6.07 Å². The molecule has 0 aromatic heterocycles. The summed E-state index contributed by atoms with van der Waals surface area (Å²) in [5.74, 6) is 1.53. The Morgan fingerprint density at radius 2 is 1.84 bits per heavy atom. The molecule has 1 unspecified atom stereocenters. The smallest absolute Gasteiger partial charge is 0.240 e. The van der Waals surface area contributed by atoms with Gasteiger partial charge in [0.2, 0.25) is 10.0 Å². The van der Waals surface area contributed by atoms with Crippen LogP contribution in [0.5, 0.6) is 0 Å². The number of fused-ring (bicyclic) bond motifs is 3. The van der Waals surface area contributed by atoms with Gasteiger partial charge in [-0.15, -0.1) is 0 Å². The monoisotopic (exact) mass is 363 g/mol. The highest BCUT2D eigenvalue weighted by Crippen LogP contribution is 2.37. The van der Waals surface area contributed by atoms with Crippen molar-refractivity contribution in [1.82, 2.24) is 14.5 Å². The van der Waals surface area contributed by atoms with E-state index in [4.69, 9.17) is 0 Å². The predicted octanol–water partition coefficient (Wildman–Crippen LogP) is 1.77. The van der Waals surface area contributed by atoms with Gasteiger partial charge in [-0.3, -0.25) is 4.90 Å². The SMILES string of the molecule is O=S(=O)(NC[C@@H]1C[C@H]2CCN1C[C@@H]2CN1CCCC1)c1ccccc1. The van der Waals surface area contributed by atoms with E-state index in [9.17, 15) is 8.42 Å².